The number of rotatable bonds is 5. The van der Waals surface area contributed by atoms with Gasteiger partial charge in [0, 0.05) is 20.1 Å². The van der Waals surface area contributed by atoms with Gasteiger partial charge < -0.3 is 10.6 Å². The Balaban J connectivity index is 0.00000200. The molecule has 20 heavy (non-hydrogen) atoms. The van der Waals surface area contributed by atoms with Crippen molar-refractivity contribution in [1.82, 2.24) is 10.6 Å². The Morgan fingerprint density at radius 2 is 2.10 bits per heavy atom. The molecule has 1 aliphatic rings. The minimum absolute atomic E-state index is 0. The average Bonchev–Trinajstić information content (AvgIpc) is 3.21. The number of nitrogens with zero attached hydrogens (tertiary/aromatic N) is 1. The Morgan fingerprint density at radius 3 is 2.70 bits per heavy atom. The van der Waals surface area contributed by atoms with Crippen molar-refractivity contribution in [2.45, 2.75) is 32.7 Å². The molecule has 0 heterocycles. The van der Waals surface area contributed by atoms with Crippen LogP contribution in [0.25, 0.3) is 0 Å². The van der Waals surface area contributed by atoms with E-state index in [1.54, 1.807) is 20.0 Å². The molecule has 0 unspecified atom stereocenters. The summed E-state index contributed by atoms with van der Waals surface area (Å²) in [6, 6.07) is 5.17. The fourth-order valence-electron chi connectivity index (χ4n) is 2.02. The quantitative estimate of drug-likeness (QED) is 0.460. The van der Waals surface area contributed by atoms with Crippen LogP contribution in [0.4, 0.5) is 4.39 Å². The van der Waals surface area contributed by atoms with Gasteiger partial charge in [0.15, 0.2) is 5.96 Å². The number of nitrogens with one attached hydrogen (secondary N) is 2. The van der Waals surface area contributed by atoms with Crippen LogP contribution in [0.5, 0.6) is 0 Å². The van der Waals surface area contributed by atoms with Gasteiger partial charge in [0.1, 0.15) is 5.82 Å². The van der Waals surface area contributed by atoms with Crippen LogP contribution in [0, 0.1) is 18.7 Å². The van der Waals surface area contributed by atoms with E-state index >= 15 is 0 Å². The Bertz CT molecular complexity index is 458. The summed E-state index contributed by atoms with van der Waals surface area (Å²) in [5.41, 5.74) is 1.74. The van der Waals surface area contributed by atoms with Gasteiger partial charge in [-0.15, -0.1) is 24.0 Å². The van der Waals surface area contributed by atoms with Crippen LogP contribution in [-0.4, -0.2) is 19.6 Å². The summed E-state index contributed by atoms with van der Waals surface area (Å²) in [6.07, 6.45) is 3.97. The Hall–Kier alpha value is -0.850. The summed E-state index contributed by atoms with van der Waals surface area (Å²) in [4.78, 5) is 4.18. The molecule has 1 aliphatic carbocycles. The lowest BCUT2D eigenvalue weighted by Gasteiger charge is -2.12. The summed E-state index contributed by atoms with van der Waals surface area (Å²) in [6.45, 7) is 3.40. The van der Waals surface area contributed by atoms with Gasteiger partial charge in [-0.2, -0.15) is 0 Å². The highest BCUT2D eigenvalue weighted by molar-refractivity contribution is 14.0. The molecule has 1 aromatic rings. The first-order chi connectivity index (χ1) is 9.19. The topological polar surface area (TPSA) is 36.4 Å². The van der Waals surface area contributed by atoms with Crippen molar-refractivity contribution in [1.29, 1.82) is 0 Å². The minimum Gasteiger partial charge on any atom is -0.356 e. The first-order valence-corrected chi connectivity index (χ1v) is 6.88. The number of hydrogen-bond acceptors (Lipinski definition) is 1. The number of hydrogen-bond donors (Lipinski definition) is 2. The zero-order chi connectivity index (χ0) is 13.7. The predicted octanol–water partition coefficient (Wildman–Crippen LogP) is 3.22. The van der Waals surface area contributed by atoms with Gasteiger partial charge >= 0.3 is 0 Å². The van der Waals surface area contributed by atoms with E-state index in [-0.39, 0.29) is 29.8 Å². The van der Waals surface area contributed by atoms with Crippen molar-refractivity contribution in [3.8, 4) is 0 Å². The number of aliphatic imine (C=N–C) groups is 1. The van der Waals surface area contributed by atoms with Crippen LogP contribution < -0.4 is 10.6 Å². The maximum atomic E-state index is 13.2. The third-order valence-corrected chi connectivity index (χ3v) is 3.45. The molecule has 0 aliphatic heterocycles. The molecule has 1 saturated carbocycles. The maximum Gasteiger partial charge on any atom is 0.191 e. The molecule has 0 atom stereocenters. The van der Waals surface area contributed by atoms with Gasteiger partial charge in [0.05, 0.1) is 0 Å². The molecule has 0 bridgehead atoms. The second-order valence-corrected chi connectivity index (χ2v) is 5.17. The number of benzene rings is 1. The molecular weight excluding hydrogens is 368 g/mol. The summed E-state index contributed by atoms with van der Waals surface area (Å²) in [5, 5.41) is 6.54. The van der Waals surface area contributed by atoms with Crippen molar-refractivity contribution in [2.75, 3.05) is 13.6 Å². The predicted molar refractivity (Wildman–Crippen MR) is 92.1 cm³/mol. The molecule has 0 aromatic heterocycles. The SMILES string of the molecule is CN=C(NCCC1CC1)NCc1ccc(F)c(C)c1.I. The van der Waals surface area contributed by atoms with Crippen LogP contribution in [0.3, 0.4) is 0 Å². The van der Waals surface area contributed by atoms with Gasteiger partial charge in [0.25, 0.3) is 0 Å². The van der Waals surface area contributed by atoms with E-state index in [1.807, 2.05) is 6.07 Å². The standard InChI is InChI=1S/C15H22FN3.HI/c1-11-9-13(5-6-14(11)16)10-19-15(17-2)18-8-7-12-3-4-12;/h5-6,9,12H,3-4,7-8,10H2,1-2H3,(H2,17,18,19);1H. The lowest BCUT2D eigenvalue weighted by molar-refractivity contribution is 0.617. The van der Waals surface area contributed by atoms with Crippen LogP contribution in [-0.2, 0) is 6.54 Å². The first kappa shape index (κ1) is 17.2. The van der Waals surface area contributed by atoms with E-state index in [2.05, 4.69) is 15.6 Å². The molecule has 5 heteroatoms. The summed E-state index contributed by atoms with van der Waals surface area (Å²) in [5.74, 6) is 1.57. The van der Waals surface area contributed by atoms with Crippen molar-refractivity contribution in [3.63, 3.8) is 0 Å². The maximum absolute atomic E-state index is 13.2. The molecule has 0 spiro atoms. The molecule has 1 aromatic carbocycles. The number of aryl methyl sites for hydroxylation is 1. The van der Waals surface area contributed by atoms with Crippen LogP contribution in [0.1, 0.15) is 30.4 Å². The molecule has 0 amide bonds. The molecule has 2 N–H and O–H groups in total. The molecule has 0 saturated heterocycles. The van der Waals surface area contributed by atoms with Crippen molar-refractivity contribution < 1.29 is 4.39 Å². The van der Waals surface area contributed by atoms with Crippen LogP contribution in [0.15, 0.2) is 23.2 Å². The van der Waals surface area contributed by atoms with Crippen molar-refractivity contribution in [3.05, 3.63) is 35.1 Å². The van der Waals surface area contributed by atoms with E-state index in [0.29, 0.717) is 12.1 Å². The Kier molecular flexibility index (Phi) is 7.26. The van der Waals surface area contributed by atoms with Gasteiger partial charge in [-0.1, -0.05) is 25.0 Å². The van der Waals surface area contributed by atoms with E-state index < -0.39 is 0 Å². The molecule has 3 nitrogen and oxygen atoms in total. The molecule has 0 radical (unpaired) electrons. The third-order valence-electron chi connectivity index (χ3n) is 3.45. The lowest BCUT2D eigenvalue weighted by Crippen LogP contribution is -2.37. The van der Waals surface area contributed by atoms with Crippen molar-refractivity contribution >= 4 is 29.9 Å². The largest absolute Gasteiger partial charge is 0.356 e. The first-order valence-electron chi connectivity index (χ1n) is 6.88. The summed E-state index contributed by atoms with van der Waals surface area (Å²) < 4.78 is 13.2. The highest BCUT2D eigenvalue weighted by atomic mass is 127. The van der Waals surface area contributed by atoms with Gasteiger partial charge in [0.2, 0.25) is 0 Å². The molecule has 112 valence electrons. The van der Waals surface area contributed by atoms with Gasteiger partial charge in [-0.05, 0) is 36.5 Å². The number of guanidine groups is 1. The second kappa shape index (κ2) is 8.44. The molecular formula is C15H23FIN3. The highest BCUT2D eigenvalue weighted by Gasteiger charge is 2.20. The summed E-state index contributed by atoms with van der Waals surface area (Å²) in [7, 11) is 1.77. The number of halogens is 2. The molecule has 1 fully saturated rings. The molecule has 2 rings (SSSR count). The van der Waals surface area contributed by atoms with Crippen LogP contribution >= 0.6 is 24.0 Å². The van der Waals surface area contributed by atoms with Gasteiger partial charge in [-0.25, -0.2) is 4.39 Å². The smallest absolute Gasteiger partial charge is 0.191 e. The zero-order valence-corrected chi connectivity index (χ0v) is 14.4. The van der Waals surface area contributed by atoms with E-state index in [1.165, 1.54) is 25.3 Å². The van der Waals surface area contributed by atoms with E-state index in [4.69, 9.17) is 0 Å². The highest BCUT2D eigenvalue weighted by Crippen LogP contribution is 2.31. The summed E-state index contributed by atoms with van der Waals surface area (Å²) >= 11 is 0. The van der Waals surface area contributed by atoms with Crippen LogP contribution in [0.2, 0.25) is 0 Å². The van der Waals surface area contributed by atoms with Gasteiger partial charge in [-0.3, -0.25) is 4.99 Å². The Labute approximate surface area is 137 Å². The zero-order valence-electron chi connectivity index (χ0n) is 12.1. The Morgan fingerprint density at radius 1 is 1.35 bits per heavy atom. The second-order valence-electron chi connectivity index (χ2n) is 5.17. The fourth-order valence-corrected chi connectivity index (χ4v) is 2.02. The minimum atomic E-state index is -0.157. The monoisotopic (exact) mass is 391 g/mol. The lowest BCUT2D eigenvalue weighted by atomic mass is 10.1. The third kappa shape index (κ3) is 5.64. The average molecular weight is 391 g/mol. The fraction of sp³-hybridized carbons (Fsp3) is 0.533. The normalized spacial score (nSPS) is 14.7. The van der Waals surface area contributed by atoms with Crippen molar-refractivity contribution in [2.24, 2.45) is 10.9 Å². The van der Waals surface area contributed by atoms with E-state index in [9.17, 15) is 4.39 Å². The van der Waals surface area contributed by atoms with E-state index in [0.717, 1.165) is 24.0 Å².